The zero-order valence-electron chi connectivity index (χ0n) is 18.7. The summed E-state index contributed by atoms with van der Waals surface area (Å²) in [6, 6.07) is 5.68. The number of nitrogens with zero attached hydrogens (tertiary/aromatic N) is 5. The Labute approximate surface area is 206 Å². The number of likely N-dealkylation sites (tertiary alicyclic amines) is 1. The summed E-state index contributed by atoms with van der Waals surface area (Å²) < 4.78 is 9.20. The summed E-state index contributed by atoms with van der Waals surface area (Å²) in [7, 11) is 0. The molecular weight excluding hydrogens is 476 g/mol. The highest BCUT2D eigenvalue weighted by Crippen LogP contribution is 2.32. The molecule has 3 aliphatic rings. The minimum absolute atomic E-state index is 0. The van der Waals surface area contributed by atoms with Gasteiger partial charge in [-0.3, -0.25) is 23.7 Å². The Morgan fingerprint density at radius 1 is 1.12 bits per heavy atom. The standard InChI is InChI=1S/C23H26N6O3S.ClH/c30-21-2-1-18-23-28(21)14-17(29(23)22(31)12-26-18)13-27-5-3-15(4-6-27)24-10-16-9-19-20(11-25-16)33-8-7-32-19;/h1-2,9,11-12,15,17,24H,3-8,10,13-14H2;1H. The molecule has 0 saturated carbocycles. The maximum absolute atomic E-state index is 12.6. The van der Waals surface area contributed by atoms with Gasteiger partial charge in [-0.25, -0.2) is 4.98 Å². The van der Waals surface area contributed by atoms with Crippen molar-refractivity contribution in [3.63, 3.8) is 0 Å². The Hall–Kier alpha value is -2.40. The molecule has 0 spiro atoms. The summed E-state index contributed by atoms with van der Waals surface area (Å²) in [5.74, 6) is 1.93. The lowest BCUT2D eigenvalue weighted by Crippen LogP contribution is -2.44. The molecule has 9 nitrogen and oxygen atoms in total. The summed E-state index contributed by atoms with van der Waals surface area (Å²) in [6.07, 6.45) is 5.36. The molecule has 1 fully saturated rings. The van der Waals surface area contributed by atoms with E-state index in [1.54, 1.807) is 27.0 Å². The van der Waals surface area contributed by atoms with Crippen molar-refractivity contribution >= 4 is 35.3 Å². The zero-order valence-corrected chi connectivity index (χ0v) is 20.3. The summed E-state index contributed by atoms with van der Waals surface area (Å²) in [4.78, 5) is 37.2. The normalized spacial score (nSPS) is 20.1. The predicted molar refractivity (Wildman–Crippen MR) is 133 cm³/mol. The molecule has 180 valence electrons. The zero-order chi connectivity index (χ0) is 22.4. The lowest BCUT2D eigenvalue weighted by Gasteiger charge is -2.34. The number of hydrogen-bond donors (Lipinski definition) is 1. The molecule has 11 heteroatoms. The number of aromatic nitrogens is 4. The Bertz CT molecular complexity index is 1320. The molecule has 1 atom stereocenters. The Morgan fingerprint density at radius 3 is 2.82 bits per heavy atom. The van der Waals surface area contributed by atoms with Crippen LogP contribution in [0.3, 0.4) is 0 Å². The molecular formula is C23H27ClN6O3S. The van der Waals surface area contributed by atoms with E-state index >= 15 is 0 Å². The number of thioether (sulfide) groups is 1. The average Bonchev–Trinajstić information content (AvgIpc) is 3.23. The molecule has 1 saturated heterocycles. The van der Waals surface area contributed by atoms with Gasteiger partial charge in [0.2, 0.25) is 0 Å². The highest BCUT2D eigenvalue weighted by Gasteiger charge is 2.29. The van der Waals surface area contributed by atoms with E-state index in [1.807, 2.05) is 6.20 Å². The first-order chi connectivity index (χ1) is 16.2. The van der Waals surface area contributed by atoms with Gasteiger partial charge in [0, 0.05) is 49.8 Å². The fourth-order valence-corrected chi connectivity index (χ4v) is 5.89. The van der Waals surface area contributed by atoms with Crippen molar-refractivity contribution in [3.05, 3.63) is 57.0 Å². The Balaban J connectivity index is 0.00000241. The number of ether oxygens (including phenoxy) is 1. The third-order valence-corrected chi connectivity index (χ3v) is 7.78. The number of piperidine rings is 1. The van der Waals surface area contributed by atoms with Gasteiger partial charge in [0.15, 0.2) is 0 Å². The van der Waals surface area contributed by atoms with Crippen molar-refractivity contribution in [2.24, 2.45) is 0 Å². The highest BCUT2D eigenvalue weighted by atomic mass is 35.5. The second kappa shape index (κ2) is 9.69. The minimum atomic E-state index is -0.138. The van der Waals surface area contributed by atoms with Crippen LogP contribution in [0, 0.1) is 0 Å². The van der Waals surface area contributed by atoms with Crippen LogP contribution in [0.25, 0.3) is 11.2 Å². The predicted octanol–water partition coefficient (Wildman–Crippen LogP) is 1.67. The van der Waals surface area contributed by atoms with Gasteiger partial charge in [-0.2, -0.15) is 0 Å². The first kappa shape index (κ1) is 23.3. The first-order valence-corrected chi connectivity index (χ1v) is 12.5. The van der Waals surface area contributed by atoms with Crippen molar-refractivity contribution in [2.45, 2.75) is 42.9 Å². The van der Waals surface area contributed by atoms with Crippen molar-refractivity contribution in [2.75, 3.05) is 32.0 Å². The van der Waals surface area contributed by atoms with Crippen molar-refractivity contribution < 1.29 is 4.74 Å². The van der Waals surface area contributed by atoms with E-state index in [0.717, 1.165) is 67.7 Å². The molecule has 6 rings (SSSR count). The molecule has 0 aromatic carbocycles. The Morgan fingerprint density at radius 2 is 1.97 bits per heavy atom. The van der Waals surface area contributed by atoms with E-state index in [9.17, 15) is 9.59 Å². The van der Waals surface area contributed by atoms with Crippen LogP contribution in [-0.2, 0) is 13.1 Å². The lowest BCUT2D eigenvalue weighted by atomic mass is 10.0. The average molecular weight is 503 g/mol. The van der Waals surface area contributed by atoms with Gasteiger partial charge in [-0.15, -0.1) is 24.2 Å². The molecule has 6 heterocycles. The number of rotatable bonds is 5. The van der Waals surface area contributed by atoms with Crippen molar-refractivity contribution in [1.82, 2.24) is 29.3 Å². The number of pyridine rings is 2. The van der Waals surface area contributed by atoms with Crippen LogP contribution in [0.2, 0.25) is 0 Å². The third kappa shape index (κ3) is 4.35. The molecule has 0 aliphatic carbocycles. The molecule has 3 aromatic rings. The summed E-state index contributed by atoms with van der Waals surface area (Å²) in [6.45, 7) is 4.69. The fourth-order valence-electron chi connectivity index (χ4n) is 5.12. The molecule has 0 bridgehead atoms. The molecule has 3 aromatic heterocycles. The lowest BCUT2D eigenvalue weighted by molar-refractivity contribution is 0.171. The maximum atomic E-state index is 12.6. The second-order valence-electron chi connectivity index (χ2n) is 8.89. The van der Waals surface area contributed by atoms with E-state index in [4.69, 9.17) is 4.74 Å². The number of fused-ring (bicyclic) bond motifs is 1. The van der Waals surface area contributed by atoms with Gasteiger partial charge < -0.3 is 15.0 Å². The monoisotopic (exact) mass is 502 g/mol. The van der Waals surface area contributed by atoms with E-state index in [2.05, 4.69) is 26.3 Å². The van der Waals surface area contributed by atoms with Crippen LogP contribution in [0.1, 0.15) is 24.6 Å². The van der Waals surface area contributed by atoms with Gasteiger partial charge in [-0.1, -0.05) is 0 Å². The third-order valence-electron chi connectivity index (χ3n) is 6.79. The molecule has 34 heavy (non-hydrogen) atoms. The SMILES string of the molecule is Cl.O=c1ccc2ncc(=O)n3c2n1CC3CN1CCC(NCc2cc3c(cn2)SCCO3)CC1. The van der Waals surface area contributed by atoms with Crippen LogP contribution < -0.4 is 21.2 Å². The van der Waals surface area contributed by atoms with Crippen molar-refractivity contribution in [3.8, 4) is 5.75 Å². The highest BCUT2D eigenvalue weighted by molar-refractivity contribution is 7.99. The molecule has 1 unspecified atom stereocenters. The van der Waals surface area contributed by atoms with Gasteiger partial charge in [-0.05, 0) is 32.0 Å². The fraction of sp³-hybridized carbons (Fsp3) is 0.478. The van der Waals surface area contributed by atoms with Crippen LogP contribution in [-0.4, -0.2) is 62.0 Å². The molecule has 0 amide bonds. The number of nitrogens with one attached hydrogen (secondary N) is 1. The Kier molecular flexibility index (Phi) is 6.65. The van der Waals surface area contributed by atoms with Crippen LogP contribution in [0.15, 0.2) is 45.1 Å². The van der Waals surface area contributed by atoms with Gasteiger partial charge in [0.1, 0.15) is 16.9 Å². The maximum Gasteiger partial charge on any atom is 0.270 e. The van der Waals surface area contributed by atoms with Crippen LogP contribution in [0.4, 0.5) is 0 Å². The summed E-state index contributed by atoms with van der Waals surface area (Å²) >= 11 is 1.80. The molecule has 3 aliphatic heterocycles. The van der Waals surface area contributed by atoms with E-state index in [-0.39, 0.29) is 29.6 Å². The van der Waals surface area contributed by atoms with Gasteiger partial charge in [0.05, 0.1) is 29.4 Å². The minimum Gasteiger partial charge on any atom is -0.491 e. The molecule has 0 radical (unpaired) electrons. The van der Waals surface area contributed by atoms with E-state index in [0.29, 0.717) is 23.8 Å². The van der Waals surface area contributed by atoms with E-state index < -0.39 is 0 Å². The summed E-state index contributed by atoms with van der Waals surface area (Å²) in [5.41, 5.74) is 2.14. The molecule has 1 N–H and O–H groups in total. The quantitative estimate of drug-likeness (QED) is 0.563. The smallest absolute Gasteiger partial charge is 0.270 e. The van der Waals surface area contributed by atoms with Crippen LogP contribution >= 0.6 is 24.2 Å². The second-order valence-corrected chi connectivity index (χ2v) is 10.0. The van der Waals surface area contributed by atoms with Crippen LogP contribution in [0.5, 0.6) is 5.75 Å². The first-order valence-electron chi connectivity index (χ1n) is 11.5. The summed E-state index contributed by atoms with van der Waals surface area (Å²) in [5, 5.41) is 3.65. The largest absolute Gasteiger partial charge is 0.491 e. The topological polar surface area (TPSA) is 94.3 Å². The number of hydrogen-bond acceptors (Lipinski definition) is 8. The van der Waals surface area contributed by atoms with Crippen molar-refractivity contribution in [1.29, 1.82) is 0 Å². The van der Waals surface area contributed by atoms with Gasteiger partial charge >= 0.3 is 0 Å². The van der Waals surface area contributed by atoms with Gasteiger partial charge in [0.25, 0.3) is 11.1 Å². The number of halogens is 1. The van der Waals surface area contributed by atoms with E-state index in [1.165, 1.54) is 12.3 Å².